The van der Waals surface area contributed by atoms with Crippen LogP contribution >= 0.6 is 0 Å². The van der Waals surface area contributed by atoms with Crippen LogP contribution in [0, 0.1) is 0 Å². The summed E-state index contributed by atoms with van der Waals surface area (Å²) in [6, 6.07) is 17.4. The molecule has 1 radical (unpaired) electrons. The number of benzene rings is 2. The second kappa shape index (κ2) is 8.12. The van der Waals surface area contributed by atoms with Gasteiger partial charge in [0.25, 0.3) is 0 Å². The first kappa shape index (κ1) is 13.8. The van der Waals surface area contributed by atoms with E-state index in [0.29, 0.717) is 11.5 Å². The van der Waals surface area contributed by atoms with Crippen LogP contribution in [-0.2, 0) is 22.4 Å². The van der Waals surface area contributed by atoms with Crippen molar-refractivity contribution in [2.45, 2.75) is 0 Å². The van der Waals surface area contributed by atoms with E-state index in [2.05, 4.69) is 0 Å². The third kappa shape index (κ3) is 6.80. The van der Waals surface area contributed by atoms with Gasteiger partial charge in [0.2, 0.25) is 0 Å². The average molecular weight is 296 g/mol. The van der Waals surface area contributed by atoms with Gasteiger partial charge in [0, 0.05) is 22.4 Å². The van der Waals surface area contributed by atoms with Crippen molar-refractivity contribution in [2.24, 2.45) is 0 Å². The standard InChI is InChI=1S/2C6H6O.Ag/c2*7-6-4-2-1-3-5-6;/h2*1-5,7H;. The van der Waals surface area contributed by atoms with Crippen LogP contribution in [-0.4, -0.2) is 10.2 Å². The van der Waals surface area contributed by atoms with Crippen LogP contribution in [0.2, 0.25) is 0 Å². The largest absolute Gasteiger partial charge is 0.508 e. The Bertz CT molecular complexity index is 311. The maximum Gasteiger partial charge on any atom is 0.115 e. The zero-order valence-corrected chi connectivity index (χ0v) is 9.45. The second-order valence-corrected chi connectivity index (χ2v) is 2.67. The number of hydrogen-bond donors (Lipinski definition) is 2. The Labute approximate surface area is 105 Å². The third-order valence-electron chi connectivity index (χ3n) is 1.51. The van der Waals surface area contributed by atoms with Gasteiger partial charge in [-0.1, -0.05) is 36.4 Å². The van der Waals surface area contributed by atoms with Crippen molar-refractivity contribution in [2.75, 3.05) is 0 Å². The summed E-state index contributed by atoms with van der Waals surface area (Å²) in [7, 11) is 0. The van der Waals surface area contributed by atoms with Gasteiger partial charge in [-0.05, 0) is 24.3 Å². The first-order valence-corrected chi connectivity index (χ1v) is 4.27. The molecule has 0 fully saturated rings. The van der Waals surface area contributed by atoms with Crippen LogP contribution in [0.3, 0.4) is 0 Å². The fourth-order valence-corrected chi connectivity index (χ4v) is 0.856. The van der Waals surface area contributed by atoms with Crippen LogP contribution in [0.15, 0.2) is 60.7 Å². The summed E-state index contributed by atoms with van der Waals surface area (Å²) < 4.78 is 0. The van der Waals surface area contributed by atoms with Crippen LogP contribution in [0.4, 0.5) is 0 Å². The topological polar surface area (TPSA) is 40.5 Å². The number of phenols is 2. The molecule has 3 heteroatoms. The maximum atomic E-state index is 8.63. The smallest absolute Gasteiger partial charge is 0.115 e. The molecular weight excluding hydrogens is 284 g/mol. The van der Waals surface area contributed by atoms with Gasteiger partial charge < -0.3 is 10.2 Å². The maximum absolute atomic E-state index is 8.63. The minimum atomic E-state index is 0. The van der Waals surface area contributed by atoms with Gasteiger partial charge in [-0.2, -0.15) is 0 Å². The first-order chi connectivity index (χ1) is 6.79. The van der Waals surface area contributed by atoms with Crippen molar-refractivity contribution in [1.29, 1.82) is 0 Å². The molecule has 0 saturated heterocycles. The summed E-state index contributed by atoms with van der Waals surface area (Å²) in [4.78, 5) is 0. The summed E-state index contributed by atoms with van der Waals surface area (Å²) >= 11 is 0. The van der Waals surface area contributed by atoms with Gasteiger partial charge in [-0.15, -0.1) is 0 Å². The van der Waals surface area contributed by atoms with E-state index in [9.17, 15) is 0 Å². The third-order valence-corrected chi connectivity index (χ3v) is 1.51. The SMILES string of the molecule is Oc1ccccc1.Oc1ccccc1.[Ag]. The minimum absolute atomic E-state index is 0. The molecular formula is C12H12AgO2. The minimum Gasteiger partial charge on any atom is -0.508 e. The molecule has 2 aromatic carbocycles. The molecule has 2 aromatic rings. The quantitative estimate of drug-likeness (QED) is 0.734. The van der Waals surface area contributed by atoms with Crippen molar-refractivity contribution in [3.05, 3.63) is 60.7 Å². The monoisotopic (exact) mass is 295 g/mol. The number of rotatable bonds is 0. The summed E-state index contributed by atoms with van der Waals surface area (Å²) in [6.45, 7) is 0. The Morgan fingerprint density at radius 1 is 0.533 bits per heavy atom. The second-order valence-electron chi connectivity index (χ2n) is 2.67. The Balaban J connectivity index is 0.000000245. The van der Waals surface area contributed by atoms with E-state index < -0.39 is 0 Å². The molecule has 0 aliphatic heterocycles. The van der Waals surface area contributed by atoms with Gasteiger partial charge in [-0.3, -0.25) is 0 Å². The molecule has 0 spiro atoms. The van der Waals surface area contributed by atoms with E-state index in [-0.39, 0.29) is 22.4 Å². The molecule has 0 aliphatic rings. The molecule has 2 nitrogen and oxygen atoms in total. The van der Waals surface area contributed by atoms with E-state index in [1.807, 2.05) is 12.1 Å². The van der Waals surface area contributed by atoms with E-state index in [0.717, 1.165) is 0 Å². The number of hydrogen-bond acceptors (Lipinski definition) is 2. The van der Waals surface area contributed by atoms with Gasteiger partial charge >= 0.3 is 0 Å². The van der Waals surface area contributed by atoms with Crippen molar-refractivity contribution in [3.63, 3.8) is 0 Å². The molecule has 0 aromatic heterocycles. The van der Waals surface area contributed by atoms with E-state index in [1.54, 1.807) is 48.5 Å². The molecule has 15 heavy (non-hydrogen) atoms. The zero-order chi connectivity index (χ0) is 10.2. The normalized spacial score (nSPS) is 8.00. The van der Waals surface area contributed by atoms with Crippen molar-refractivity contribution >= 4 is 0 Å². The van der Waals surface area contributed by atoms with Crippen LogP contribution < -0.4 is 0 Å². The number of aromatic hydroxyl groups is 2. The molecule has 0 heterocycles. The molecule has 0 bridgehead atoms. The Hall–Kier alpha value is -1.22. The van der Waals surface area contributed by atoms with Crippen LogP contribution in [0.25, 0.3) is 0 Å². The molecule has 2 rings (SSSR count). The molecule has 2 N–H and O–H groups in total. The molecule has 0 unspecified atom stereocenters. The molecule has 0 atom stereocenters. The van der Waals surface area contributed by atoms with Crippen molar-refractivity contribution < 1.29 is 32.6 Å². The number of phenolic OH excluding ortho intramolecular Hbond substituents is 2. The van der Waals surface area contributed by atoms with Crippen molar-refractivity contribution in [3.8, 4) is 11.5 Å². The van der Waals surface area contributed by atoms with E-state index >= 15 is 0 Å². The summed E-state index contributed by atoms with van der Waals surface area (Å²) in [6.07, 6.45) is 0. The molecule has 0 aliphatic carbocycles. The average Bonchev–Trinajstić information content (AvgIpc) is 2.21. The van der Waals surface area contributed by atoms with Gasteiger partial charge in [0.1, 0.15) is 11.5 Å². The Morgan fingerprint density at radius 3 is 0.933 bits per heavy atom. The van der Waals surface area contributed by atoms with E-state index in [4.69, 9.17) is 10.2 Å². The molecule has 0 amide bonds. The summed E-state index contributed by atoms with van der Waals surface area (Å²) in [5, 5.41) is 17.3. The van der Waals surface area contributed by atoms with Gasteiger partial charge in [0.15, 0.2) is 0 Å². The fraction of sp³-hybridized carbons (Fsp3) is 0. The van der Waals surface area contributed by atoms with Crippen LogP contribution in [0.5, 0.6) is 11.5 Å². The Morgan fingerprint density at radius 2 is 0.800 bits per heavy atom. The first-order valence-electron chi connectivity index (χ1n) is 4.27. The van der Waals surface area contributed by atoms with Gasteiger partial charge in [-0.25, -0.2) is 0 Å². The van der Waals surface area contributed by atoms with Gasteiger partial charge in [0.05, 0.1) is 0 Å². The number of para-hydroxylation sites is 2. The van der Waals surface area contributed by atoms with E-state index in [1.165, 1.54) is 0 Å². The summed E-state index contributed by atoms with van der Waals surface area (Å²) in [5.74, 6) is 0.644. The van der Waals surface area contributed by atoms with Crippen molar-refractivity contribution in [1.82, 2.24) is 0 Å². The Kier molecular flexibility index (Phi) is 7.46. The zero-order valence-electron chi connectivity index (χ0n) is 7.97. The summed E-state index contributed by atoms with van der Waals surface area (Å²) in [5.41, 5.74) is 0. The molecule has 0 saturated carbocycles. The predicted molar refractivity (Wildman–Crippen MR) is 56.2 cm³/mol. The fourth-order valence-electron chi connectivity index (χ4n) is 0.856. The molecule has 83 valence electrons. The van der Waals surface area contributed by atoms with Crippen LogP contribution in [0.1, 0.15) is 0 Å². The predicted octanol–water partition coefficient (Wildman–Crippen LogP) is 2.78.